The van der Waals surface area contributed by atoms with Crippen LogP contribution < -0.4 is 5.73 Å². The molecule has 0 bridgehead atoms. The number of rotatable bonds is 5. The second kappa shape index (κ2) is 6.29. The van der Waals surface area contributed by atoms with Crippen LogP contribution in [0.2, 0.25) is 0 Å². The van der Waals surface area contributed by atoms with Crippen LogP contribution in [0.15, 0.2) is 36.5 Å². The van der Waals surface area contributed by atoms with Crippen LogP contribution in [0.25, 0.3) is 10.9 Å². The smallest absolute Gasteiger partial charge is 0.254 e. The number of hydrogen-bond donors (Lipinski definition) is 1. The van der Waals surface area contributed by atoms with Crippen LogP contribution in [0.5, 0.6) is 0 Å². The Hall–Kier alpha value is -1.94. The molecule has 0 aliphatic carbocycles. The molecule has 1 amide bonds. The molecule has 0 unspecified atom stereocenters. The summed E-state index contributed by atoms with van der Waals surface area (Å²) in [5.74, 6) is 0.0505. The predicted octanol–water partition coefficient (Wildman–Crippen LogP) is 2.05. The number of carbonyl (C=O) groups is 1. The highest BCUT2D eigenvalue weighted by molar-refractivity contribution is 6.06. The van der Waals surface area contributed by atoms with Crippen LogP contribution in [0, 0.1) is 0 Å². The average Bonchev–Trinajstić information content (AvgIpc) is 2.47. The van der Waals surface area contributed by atoms with Crippen LogP contribution in [0.3, 0.4) is 0 Å². The van der Waals surface area contributed by atoms with Gasteiger partial charge in [-0.1, -0.05) is 12.1 Å². The summed E-state index contributed by atoms with van der Waals surface area (Å²) in [6.07, 6.45) is 2.56. The Morgan fingerprint density at radius 2 is 2.16 bits per heavy atom. The zero-order chi connectivity index (χ0) is 13.7. The molecule has 0 fully saturated rings. The van der Waals surface area contributed by atoms with Crippen molar-refractivity contribution in [2.24, 2.45) is 5.73 Å². The van der Waals surface area contributed by atoms with Gasteiger partial charge in [-0.25, -0.2) is 0 Å². The molecular formula is C15H19N3O. The zero-order valence-corrected chi connectivity index (χ0v) is 11.2. The second-order valence-electron chi connectivity index (χ2n) is 4.40. The number of nitrogens with zero attached hydrogens (tertiary/aromatic N) is 2. The van der Waals surface area contributed by atoms with Crippen LogP contribution in [-0.4, -0.2) is 35.4 Å². The molecule has 1 aromatic carbocycles. The number of fused-ring (bicyclic) bond motifs is 1. The fraction of sp³-hybridized carbons (Fsp3) is 0.333. The number of benzene rings is 1. The number of pyridine rings is 1. The molecule has 100 valence electrons. The number of aromatic nitrogens is 1. The van der Waals surface area contributed by atoms with Gasteiger partial charge in [-0.15, -0.1) is 0 Å². The lowest BCUT2D eigenvalue weighted by atomic mass is 10.1. The molecular weight excluding hydrogens is 238 g/mol. The second-order valence-corrected chi connectivity index (χ2v) is 4.40. The van der Waals surface area contributed by atoms with Crippen LogP contribution >= 0.6 is 0 Å². The fourth-order valence-electron chi connectivity index (χ4n) is 2.15. The molecule has 0 aliphatic rings. The van der Waals surface area contributed by atoms with Crippen LogP contribution in [0.4, 0.5) is 0 Å². The Labute approximate surface area is 113 Å². The Kier molecular flexibility index (Phi) is 4.47. The molecule has 0 aliphatic heterocycles. The number of carbonyl (C=O) groups excluding carboxylic acids is 1. The number of hydrogen-bond acceptors (Lipinski definition) is 3. The summed E-state index contributed by atoms with van der Waals surface area (Å²) in [6.45, 7) is 3.97. The van der Waals surface area contributed by atoms with Crippen molar-refractivity contribution in [3.05, 3.63) is 42.1 Å². The third-order valence-electron chi connectivity index (χ3n) is 3.18. The Balaban J connectivity index is 2.35. The fourth-order valence-corrected chi connectivity index (χ4v) is 2.15. The molecule has 1 aromatic heterocycles. The first-order chi connectivity index (χ1) is 9.27. The molecule has 4 heteroatoms. The van der Waals surface area contributed by atoms with E-state index in [-0.39, 0.29) is 5.91 Å². The number of nitrogens with two attached hydrogens (primary N) is 1. The molecule has 2 rings (SSSR count). The lowest BCUT2D eigenvalue weighted by molar-refractivity contribution is 0.0765. The molecule has 19 heavy (non-hydrogen) atoms. The molecule has 4 nitrogen and oxygen atoms in total. The Morgan fingerprint density at radius 3 is 2.89 bits per heavy atom. The van der Waals surface area contributed by atoms with Gasteiger partial charge in [-0.05, 0) is 38.1 Å². The standard InChI is InChI=1S/C15H19N3O/c1-2-18(11-5-9-16)15(19)13-6-3-8-14-12(13)7-4-10-17-14/h3-4,6-8,10H,2,5,9,11,16H2,1H3. The topological polar surface area (TPSA) is 59.2 Å². The first-order valence-electron chi connectivity index (χ1n) is 6.61. The van der Waals surface area contributed by atoms with Gasteiger partial charge in [0, 0.05) is 30.2 Å². The van der Waals surface area contributed by atoms with Crippen molar-refractivity contribution in [3.63, 3.8) is 0 Å². The SMILES string of the molecule is CCN(CCCN)C(=O)c1cccc2ncccc12. The van der Waals surface area contributed by atoms with Crippen molar-refractivity contribution >= 4 is 16.8 Å². The number of amides is 1. The maximum absolute atomic E-state index is 12.6. The minimum atomic E-state index is 0.0505. The maximum atomic E-state index is 12.6. The molecule has 0 spiro atoms. The van der Waals surface area contributed by atoms with Crippen molar-refractivity contribution in [3.8, 4) is 0 Å². The minimum absolute atomic E-state index is 0.0505. The minimum Gasteiger partial charge on any atom is -0.339 e. The summed E-state index contributed by atoms with van der Waals surface area (Å²) in [7, 11) is 0. The van der Waals surface area contributed by atoms with E-state index in [4.69, 9.17) is 5.73 Å². The van der Waals surface area contributed by atoms with E-state index in [0.29, 0.717) is 25.2 Å². The highest BCUT2D eigenvalue weighted by Crippen LogP contribution is 2.18. The van der Waals surface area contributed by atoms with Gasteiger partial charge in [0.2, 0.25) is 0 Å². The third kappa shape index (κ3) is 2.90. The van der Waals surface area contributed by atoms with E-state index in [1.165, 1.54) is 0 Å². The maximum Gasteiger partial charge on any atom is 0.254 e. The van der Waals surface area contributed by atoms with Crippen molar-refractivity contribution in [2.75, 3.05) is 19.6 Å². The van der Waals surface area contributed by atoms with Gasteiger partial charge in [0.15, 0.2) is 0 Å². The van der Waals surface area contributed by atoms with Gasteiger partial charge in [0.25, 0.3) is 5.91 Å². The predicted molar refractivity (Wildman–Crippen MR) is 77.0 cm³/mol. The molecule has 0 saturated carbocycles. The monoisotopic (exact) mass is 257 g/mol. The van der Waals surface area contributed by atoms with E-state index in [0.717, 1.165) is 17.3 Å². The zero-order valence-electron chi connectivity index (χ0n) is 11.2. The van der Waals surface area contributed by atoms with Crippen LogP contribution in [0.1, 0.15) is 23.7 Å². The summed E-state index contributed by atoms with van der Waals surface area (Å²) in [5.41, 5.74) is 7.08. The van der Waals surface area contributed by atoms with E-state index in [1.54, 1.807) is 6.20 Å². The van der Waals surface area contributed by atoms with Crippen molar-refractivity contribution in [1.29, 1.82) is 0 Å². The quantitative estimate of drug-likeness (QED) is 0.891. The van der Waals surface area contributed by atoms with Gasteiger partial charge in [0.1, 0.15) is 0 Å². The molecule has 2 aromatic rings. The summed E-state index contributed by atoms with van der Waals surface area (Å²) in [4.78, 5) is 18.7. The molecule has 0 radical (unpaired) electrons. The lowest BCUT2D eigenvalue weighted by Gasteiger charge is -2.21. The van der Waals surface area contributed by atoms with Gasteiger partial charge in [-0.3, -0.25) is 9.78 Å². The van der Waals surface area contributed by atoms with Crippen molar-refractivity contribution in [2.45, 2.75) is 13.3 Å². The summed E-state index contributed by atoms with van der Waals surface area (Å²) in [6, 6.07) is 9.45. The first kappa shape index (κ1) is 13.5. The van der Waals surface area contributed by atoms with Gasteiger partial charge >= 0.3 is 0 Å². The van der Waals surface area contributed by atoms with E-state index >= 15 is 0 Å². The molecule has 0 atom stereocenters. The highest BCUT2D eigenvalue weighted by Gasteiger charge is 2.16. The Morgan fingerprint density at radius 1 is 1.32 bits per heavy atom. The van der Waals surface area contributed by atoms with Gasteiger partial charge in [-0.2, -0.15) is 0 Å². The first-order valence-corrected chi connectivity index (χ1v) is 6.61. The molecule has 1 heterocycles. The molecule has 0 saturated heterocycles. The Bertz CT molecular complexity index is 563. The van der Waals surface area contributed by atoms with Crippen molar-refractivity contribution in [1.82, 2.24) is 9.88 Å². The lowest BCUT2D eigenvalue weighted by Crippen LogP contribution is -2.32. The average molecular weight is 257 g/mol. The van der Waals surface area contributed by atoms with E-state index < -0.39 is 0 Å². The summed E-state index contributed by atoms with van der Waals surface area (Å²) in [5, 5.41) is 0.904. The third-order valence-corrected chi connectivity index (χ3v) is 3.18. The van der Waals surface area contributed by atoms with Gasteiger partial charge < -0.3 is 10.6 Å². The largest absolute Gasteiger partial charge is 0.339 e. The molecule has 2 N–H and O–H groups in total. The van der Waals surface area contributed by atoms with Crippen molar-refractivity contribution < 1.29 is 4.79 Å². The van der Waals surface area contributed by atoms with E-state index in [9.17, 15) is 4.79 Å². The normalized spacial score (nSPS) is 10.6. The highest BCUT2D eigenvalue weighted by atomic mass is 16.2. The van der Waals surface area contributed by atoms with E-state index in [2.05, 4.69) is 4.98 Å². The summed E-state index contributed by atoms with van der Waals surface area (Å²) < 4.78 is 0. The van der Waals surface area contributed by atoms with E-state index in [1.807, 2.05) is 42.2 Å². The van der Waals surface area contributed by atoms with Gasteiger partial charge in [0.05, 0.1) is 5.52 Å². The summed E-state index contributed by atoms with van der Waals surface area (Å²) >= 11 is 0. The van der Waals surface area contributed by atoms with Crippen LogP contribution in [-0.2, 0) is 0 Å².